The van der Waals surface area contributed by atoms with E-state index in [4.69, 9.17) is 16.2 Å². The van der Waals surface area contributed by atoms with E-state index in [1.807, 2.05) is 18.2 Å². The number of fused-ring (bicyclic) bond motifs is 1. The molecule has 0 saturated carbocycles. The third-order valence-corrected chi connectivity index (χ3v) is 3.35. The lowest BCUT2D eigenvalue weighted by Gasteiger charge is -2.44. The number of benzene rings is 1. The summed E-state index contributed by atoms with van der Waals surface area (Å²) in [6.07, 6.45) is -0.312. The Morgan fingerprint density at radius 3 is 2.68 bits per heavy atom. The van der Waals surface area contributed by atoms with E-state index in [0.717, 1.165) is 16.9 Å². The molecule has 0 bridgehead atoms. The summed E-state index contributed by atoms with van der Waals surface area (Å²) in [5.41, 5.74) is 14.0. The van der Waals surface area contributed by atoms with Gasteiger partial charge in [0.2, 0.25) is 0 Å². The van der Waals surface area contributed by atoms with Crippen LogP contribution in [0.15, 0.2) is 18.2 Å². The van der Waals surface area contributed by atoms with E-state index >= 15 is 0 Å². The van der Waals surface area contributed by atoms with E-state index in [9.17, 15) is 4.79 Å². The quantitative estimate of drug-likeness (QED) is 0.758. The van der Waals surface area contributed by atoms with E-state index in [1.54, 1.807) is 0 Å². The van der Waals surface area contributed by atoms with E-state index in [2.05, 4.69) is 25.7 Å². The van der Waals surface area contributed by atoms with Gasteiger partial charge in [0.05, 0.1) is 17.9 Å². The van der Waals surface area contributed by atoms with Crippen molar-refractivity contribution in [2.45, 2.75) is 38.8 Å². The lowest BCUT2D eigenvalue weighted by Crippen LogP contribution is -2.50. The van der Waals surface area contributed by atoms with Gasteiger partial charge in [-0.25, -0.2) is 4.79 Å². The number of rotatable bonds is 1. The third-order valence-electron chi connectivity index (χ3n) is 3.35. The third kappa shape index (κ3) is 2.75. The predicted octanol–water partition coefficient (Wildman–Crippen LogP) is 1.89. The minimum absolute atomic E-state index is 0.107. The molecular formula is C14H21N3O2. The first-order valence-corrected chi connectivity index (χ1v) is 6.40. The number of hydrogen-bond acceptors (Lipinski definition) is 4. The Labute approximate surface area is 113 Å². The molecule has 1 aliphatic heterocycles. The summed E-state index contributed by atoms with van der Waals surface area (Å²) in [4.78, 5) is 13.1. The van der Waals surface area contributed by atoms with Gasteiger partial charge >= 0.3 is 6.09 Å². The van der Waals surface area contributed by atoms with E-state index < -0.39 is 6.09 Å². The molecule has 0 spiro atoms. The van der Waals surface area contributed by atoms with Crippen LogP contribution in [0.1, 0.15) is 26.3 Å². The number of primary amides is 1. The summed E-state index contributed by atoms with van der Waals surface area (Å²) in [5, 5.41) is 0. The van der Waals surface area contributed by atoms with Crippen LogP contribution >= 0.6 is 0 Å². The van der Waals surface area contributed by atoms with Gasteiger partial charge in [-0.2, -0.15) is 0 Å². The van der Waals surface area contributed by atoms with Gasteiger partial charge in [-0.05, 0) is 32.4 Å². The summed E-state index contributed by atoms with van der Waals surface area (Å²) in [7, 11) is 0. The molecular weight excluding hydrogens is 242 g/mol. The summed E-state index contributed by atoms with van der Waals surface area (Å²) in [6.45, 7) is 6.93. The first-order valence-electron chi connectivity index (χ1n) is 6.40. The molecule has 5 heteroatoms. The molecule has 4 N–H and O–H groups in total. The van der Waals surface area contributed by atoms with Crippen molar-refractivity contribution in [1.29, 1.82) is 0 Å². The predicted molar refractivity (Wildman–Crippen MR) is 76.1 cm³/mol. The first-order chi connectivity index (χ1) is 8.79. The fraction of sp³-hybridized carbons (Fsp3) is 0.500. The number of ether oxygens (including phenoxy) is 1. The standard InChI is InChI=1S/C14H21N3O2/c1-14(2,3)17-8-10(19-13(16)18)7-9-5-4-6-11(15)12(9)17/h4-6,10H,7-8,15H2,1-3H3,(H2,16,18). The number of anilines is 2. The molecule has 0 fully saturated rings. The Bertz CT molecular complexity index is 494. The molecule has 0 saturated heterocycles. The average molecular weight is 263 g/mol. The second-order valence-corrected chi connectivity index (χ2v) is 5.90. The summed E-state index contributed by atoms with van der Waals surface area (Å²) in [6, 6.07) is 5.83. The minimum Gasteiger partial charge on any atom is -0.444 e. The van der Waals surface area contributed by atoms with Crippen LogP contribution in [0.4, 0.5) is 16.2 Å². The summed E-state index contributed by atoms with van der Waals surface area (Å²) >= 11 is 0. The molecule has 1 atom stereocenters. The van der Waals surface area contributed by atoms with Gasteiger partial charge in [0.25, 0.3) is 0 Å². The van der Waals surface area contributed by atoms with Gasteiger partial charge in [-0.3, -0.25) is 0 Å². The SMILES string of the molecule is CC(C)(C)N1CC(OC(N)=O)Cc2cccc(N)c21. The van der Waals surface area contributed by atoms with E-state index in [-0.39, 0.29) is 11.6 Å². The van der Waals surface area contributed by atoms with Crippen LogP contribution in [0.25, 0.3) is 0 Å². The van der Waals surface area contributed by atoms with Crippen LogP contribution in [0.3, 0.4) is 0 Å². The number of amides is 1. The van der Waals surface area contributed by atoms with Crippen molar-refractivity contribution in [3.63, 3.8) is 0 Å². The highest BCUT2D eigenvalue weighted by Gasteiger charge is 2.33. The van der Waals surface area contributed by atoms with Crippen LogP contribution in [0.5, 0.6) is 0 Å². The summed E-state index contributed by atoms with van der Waals surface area (Å²) in [5.74, 6) is 0. The number of nitrogens with two attached hydrogens (primary N) is 2. The lowest BCUT2D eigenvalue weighted by atomic mass is 9.93. The summed E-state index contributed by atoms with van der Waals surface area (Å²) < 4.78 is 5.17. The van der Waals surface area contributed by atoms with Crippen LogP contribution in [0.2, 0.25) is 0 Å². The van der Waals surface area contributed by atoms with Crippen molar-refractivity contribution in [1.82, 2.24) is 0 Å². The molecule has 2 rings (SSSR count). The van der Waals surface area contributed by atoms with Gasteiger partial charge < -0.3 is 21.1 Å². The van der Waals surface area contributed by atoms with Gasteiger partial charge in [-0.1, -0.05) is 12.1 Å². The maximum absolute atomic E-state index is 11.0. The van der Waals surface area contributed by atoms with Crippen LogP contribution < -0.4 is 16.4 Å². The number of hydrogen-bond donors (Lipinski definition) is 2. The Balaban J connectivity index is 2.41. The monoisotopic (exact) mass is 263 g/mol. The topological polar surface area (TPSA) is 81.6 Å². The largest absolute Gasteiger partial charge is 0.444 e. The molecule has 1 aromatic rings. The highest BCUT2D eigenvalue weighted by molar-refractivity contribution is 5.74. The van der Waals surface area contributed by atoms with Gasteiger partial charge in [0.1, 0.15) is 6.10 Å². The maximum atomic E-state index is 11.0. The van der Waals surface area contributed by atoms with Crippen molar-refractivity contribution >= 4 is 17.5 Å². The smallest absolute Gasteiger partial charge is 0.404 e. The fourth-order valence-corrected chi connectivity index (χ4v) is 2.56. The lowest BCUT2D eigenvalue weighted by molar-refractivity contribution is 0.104. The Hall–Kier alpha value is -1.91. The zero-order valence-corrected chi connectivity index (χ0v) is 11.6. The zero-order chi connectivity index (χ0) is 14.2. The van der Waals surface area contributed by atoms with Crippen molar-refractivity contribution in [3.8, 4) is 0 Å². The second-order valence-electron chi connectivity index (χ2n) is 5.90. The number of nitrogen functional groups attached to an aromatic ring is 1. The molecule has 1 aliphatic rings. The highest BCUT2D eigenvalue weighted by atomic mass is 16.6. The fourth-order valence-electron chi connectivity index (χ4n) is 2.56. The highest BCUT2D eigenvalue weighted by Crippen LogP contribution is 2.37. The van der Waals surface area contributed by atoms with Crippen LogP contribution in [-0.4, -0.2) is 24.3 Å². The molecule has 1 unspecified atom stereocenters. The van der Waals surface area contributed by atoms with E-state index in [1.165, 1.54) is 0 Å². The number of nitrogens with zero attached hydrogens (tertiary/aromatic N) is 1. The molecule has 1 heterocycles. The molecule has 0 radical (unpaired) electrons. The molecule has 104 valence electrons. The first kappa shape index (κ1) is 13.5. The number of carbonyl (C=O) groups is 1. The Kier molecular flexibility index (Phi) is 3.30. The van der Waals surface area contributed by atoms with Crippen LogP contribution in [0, 0.1) is 0 Å². The van der Waals surface area contributed by atoms with Gasteiger partial charge in [-0.15, -0.1) is 0 Å². The Morgan fingerprint density at radius 1 is 1.42 bits per heavy atom. The minimum atomic E-state index is -0.730. The maximum Gasteiger partial charge on any atom is 0.404 e. The average Bonchev–Trinajstić information content (AvgIpc) is 2.26. The molecule has 1 aromatic carbocycles. The molecule has 0 aromatic heterocycles. The second kappa shape index (κ2) is 4.64. The Morgan fingerprint density at radius 2 is 2.11 bits per heavy atom. The van der Waals surface area contributed by atoms with Gasteiger partial charge in [0, 0.05) is 12.0 Å². The van der Waals surface area contributed by atoms with E-state index in [0.29, 0.717) is 13.0 Å². The molecule has 19 heavy (non-hydrogen) atoms. The normalized spacial score (nSPS) is 18.9. The van der Waals surface area contributed by atoms with Crippen molar-refractivity contribution in [3.05, 3.63) is 23.8 Å². The number of para-hydroxylation sites is 1. The van der Waals surface area contributed by atoms with Crippen LogP contribution in [-0.2, 0) is 11.2 Å². The van der Waals surface area contributed by atoms with Gasteiger partial charge in [0.15, 0.2) is 0 Å². The van der Waals surface area contributed by atoms with Crippen molar-refractivity contribution < 1.29 is 9.53 Å². The van der Waals surface area contributed by atoms with Crippen molar-refractivity contribution in [2.24, 2.45) is 5.73 Å². The number of carbonyl (C=O) groups excluding carboxylic acids is 1. The molecule has 1 amide bonds. The zero-order valence-electron chi connectivity index (χ0n) is 11.6. The molecule has 0 aliphatic carbocycles. The molecule has 5 nitrogen and oxygen atoms in total. The van der Waals surface area contributed by atoms with Crippen molar-refractivity contribution in [2.75, 3.05) is 17.2 Å².